The Hall–Kier alpha value is -2.64. The SMILES string of the molecule is CC(=O)S[C@H](Cc1ccccc1)C(=O)NC1Cc2ccccc2C2COCCN2C1=O. The first kappa shape index (κ1) is 21.6. The van der Waals surface area contributed by atoms with Crippen LogP contribution in [0.5, 0.6) is 0 Å². The number of amides is 2. The summed E-state index contributed by atoms with van der Waals surface area (Å²) in [5, 5.41) is 2.25. The van der Waals surface area contributed by atoms with E-state index >= 15 is 0 Å². The standard InChI is InChI=1S/C24H26N2O4S/c1-16(27)31-22(13-17-7-3-2-4-8-17)23(28)25-20-14-18-9-5-6-10-19(18)21-15-30-12-11-26(21)24(20)29/h2-10,20-22H,11-15H2,1H3,(H,25,28)/t20?,21?,22-/m1/s1. The lowest BCUT2D eigenvalue weighted by molar-refractivity contribution is -0.143. The van der Waals surface area contributed by atoms with E-state index in [-0.39, 0.29) is 23.0 Å². The highest BCUT2D eigenvalue weighted by Crippen LogP contribution is 2.32. The predicted octanol–water partition coefficient (Wildman–Crippen LogP) is 2.52. The summed E-state index contributed by atoms with van der Waals surface area (Å²) >= 11 is 1.01. The van der Waals surface area contributed by atoms with Gasteiger partial charge >= 0.3 is 0 Å². The van der Waals surface area contributed by atoms with Crippen molar-refractivity contribution in [3.8, 4) is 0 Å². The number of morpholine rings is 1. The number of hydrogen-bond donors (Lipinski definition) is 1. The van der Waals surface area contributed by atoms with Crippen LogP contribution in [0.1, 0.15) is 29.7 Å². The van der Waals surface area contributed by atoms with Crippen LogP contribution in [-0.4, -0.2) is 52.9 Å². The zero-order chi connectivity index (χ0) is 21.8. The number of hydrogen-bond acceptors (Lipinski definition) is 5. The summed E-state index contributed by atoms with van der Waals surface area (Å²) in [5.74, 6) is -0.379. The van der Waals surface area contributed by atoms with Crippen LogP contribution in [0.15, 0.2) is 54.6 Å². The lowest BCUT2D eigenvalue weighted by atomic mass is 9.97. The second kappa shape index (κ2) is 9.66. The average Bonchev–Trinajstić information content (AvgIpc) is 2.89. The second-order valence-electron chi connectivity index (χ2n) is 7.87. The van der Waals surface area contributed by atoms with Gasteiger partial charge in [-0.15, -0.1) is 0 Å². The maximum Gasteiger partial charge on any atom is 0.246 e. The molecule has 4 rings (SSSR count). The van der Waals surface area contributed by atoms with E-state index in [4.69, 9.17) is 4.74 Å². The number of benzene rings is 2. The molecule has 2 aliphatic rings. The van der Waals surface area contributed by atoms with Crippen LogP contribution in [0.25, 0.3) is 0 Å². The van der Waals surface area contributed by atoms with Gasteiger partial charge in [-0.25, -0.2) is 0 Å². The number of rotatable bonds is 5. The Bertz CT molecular complexity index is 965. The number of carbonyl (C=O) groups excluding carboxylic acids is 3. The summed E-state index contributed by atoms with van der Waals surface area (Å²) in [6.45, 7) is 2.91. The highest BCUT2D eigenvalue weighted by molar-refractivity contribution is 8.14. The molecule has 7 heteroatoms. The summed E-state index contributed by atoms with van der Waals surface area (Å²) in [7, 11) is 0. The van der Waals surface area contributed by atoms with Gasteiger partial charge in [0, 0.05) is 19.9 Å². The van der Waals surface area contributed by atoms with Gasteiger partial charge in [-0.1, -0.05) is 66.4 Å². The van der Waals surface area contributed by atoms with Crippen LogP contribution in [0, 0.1) is 0 Å². The van der Waals surface area contributed by atoms with Crippen LogP contribution in [-0.2, 0) is 32.0 Å². The first-order valence-corrected chi connectivity index (χ1v) is 11.4. The van der Waals surface area contributed by atoms with E-state index in [0.717, 1.165) is 28.5 Å². The molecular weight excluding hydrogens is 412 g/mol. The number of thioether (sulfide) groups is 1. The summed E-state index contributed by atoms with van der Waals surface area (Å²) in [6, 6.07) is 16.8. The normalized spacial score (nSPS) is 21.5. The molecule has 2 aromatic rings. The van der Waals surface area contributed by atoms with Crippen molar-refractivity contribution < 1.29 is 19.1 Å². The van der Waals surface area contributed by atoms with Gasteiger partial charge in [-0.05, 0) is 23.1 Å². The van der Waals surface area contributed by atoms with Gasteiger partial charge in [0.25, 0.3) is 0 Å². The Kier molecular flexibility index (Phi) is 6.73. The molecule has 3 atom stereocenters. The van der Waals surface area contributed by atoms with Crippen molar-refractivity contribution in [1.29, 1.82) is 0 Å². The van der Waals surface area contributed by atoms with Gasteiger partial charge in [-0.2, -0.15) is 0 Å². The molecule has 2 heterocycles. The molecule has 31 heavy (non-hydrogen) atoms. The maximum atomic E-state index is 13.4. The lowest BCUT2D eigenvalue weighted by Crippen LogP contribution is -2.53. The molecule has 0 spiro atoms. The molecule has 0 bridgehead atoms. The van der Waals surface area contributed by atoms with Crippen LogP contribution >= 0.6 is 11.8 Å². The average molecular weight is 439 g/mol. The third kappa shape index (κ3) is 4.99. The molecule has 0 radical (unpaired) electrons. The van der Waals surface area contributed by atoms with E-state index in [9.17, 15) is 14.4 Å². The van der Waals surface area contributed by atoms with Crippen molar-refractivity contribution in [3.63, 3.8) is 0 Å². The molecule has 0 aliphatic carbocycles. The van der Waals surface area contributed by atoms with Crippen LogP contribution < -0.4 is 5.32 Å². The highest BCUT2D eigenvalue weighted by atomic mass is 32.2. The number of fused-ring (bicyclic) bond motifs is 3. The monoisotopic (exact) mass is 438 g/mol. The van der Waals surface area contributed by atoms with Gasteiger partial charge < -0.3 is 15.0 Å². The third-order valence-corrected chi connectivity index (χ3v) is 6.73. The number of ether oxygens (including phenoxy) is 1. The number of carbonyl (C=O) groups is 3. The van der Waals surface area contributed by atoms with Crippen molar-refractivity contribution in [2.75, 3.05) is 19.8 Å². The Labute approximate surface area is 186 Å². The molecular formula is C24H26N2O4S. The lowest BCUT2D eigenvalue weighted by Gasteiger charge is -2.36. The fraction of sp³-hybridized carbons (Fsp3) is 0.375. The molecule has 6 nitrogen and oxygen atoms in total. The molecule has 1 saturated heterocycles. The molecule has 1 fully saturated rings. The van der Waals surface area contributed by atoms with E-state index in [0.29, 0.717) is 32.6 Å². The fourth-order valence-electron chi connectivity index (χ4n) is 4.27. The Morgan fingerprint density at radius 1 is 1.16 bits per heavy atom. The van der Waals surface area contributed by atoms with E-state index in [1.54, 1.807) is 0 Å². The predicted molar refractivity (Wildman–Crippen MR) is 120 cm³/mol. The van der Waals surface area contributed by atoms with Crippen molar-refractivity contribution in [2.45, 2.75) is 37.1 Å². The maximum absolute atomic E-state index is 13.4. The molecule has 0 saturated carbocycles. The Morgan fingerprint density at radius 3 is 2.68 bits per heavy atom. The molecule has 2 amide bonds. The smallest absolute Gasteiger partial charge is 0.246 e. The minimum absolute atomic E-state index is 0.0934. The van der Waals surface area contributed by atoms with Gasteiger partial charge in [0.15, 0.2) is 5.12 Å². The first-order valence-electron chi connectivity index (χ1n) is 10.5. The van der Waals surface area contributed by atoms with E-state index in [2.05, 4.69) is 5.32 Å². The van der Waals surface area contributed by atoms with Gasteiger partial charge in [0.2, 0.25) is 11.8 Å². The van der Waals surface area contributed by atoms with Gasteiger partial charge in [0.05, 0.1) is 24.5 Å². The minimum Gasteiger partial charge on any atom is -0.377 e. The molecule has 2 aromatic carbocycles. The summed E-state index contributed by atoms with van der Waals surface area (Å²) in [6.07, 6.45) is 0.852. The van der Waals surface area contributed by atoms with Gasteiger partial charge in [-0.3, -0.25) is 14.4 Å². The number of nitrogens with zero attached hydrogens (tertiary/aromatic N) is 1. The molecule has 1 N–H and O–H groups in total. The zero-order valence-corrected chi connectivity index (χ0v) is 18.3. The minimum atomic E-state index is -0.664. The number of nitrogens with one attached hydrogen (secondary N) is 1. The molecule has 2 unspecified atom stereocenters. The zero-order valence-electron chi connectivity index (χ0n) is 17.5. The summed E-state index contributed by atoms with van der Waals surface area (Å²) in [4.78, 5) is 40.2. The Morgan fingerprint density at radius 2 is 1.90 bits per heavy atom. The molecule has 162 valence electrons. The summed E-state index contributed by atoms with van der Waals surface area (Å²) in [5.41, 5.74) is 3.09. The van der Waals surface area contributed by atoms with Crippen molar-refractivity contribution in [1.82, 2.24) is 10.2 Å². The van der Waals surface area contributed by atoms with E-state index in [1.807, 2.05) is 59.5 Å². The molecule has 0 aromatic heterocycles. The first-order chi connectivity index (χ1) is 15.0. The fourth-order valence-corrected chi connectivity index (χ4v) is 5.12. The van der Waals surface area contributed by atoms with Crippen LogP contribution in [0.3, 0.4) is 0 Å². The molecule has 2 aliphatic heterocycles. The van der Waals surface area contributed by atoms with Crippen molar-refractivity contribution in [2.24, 2.45) is 0 Å². The Balaban J connectivity index is 1.56. The quantitative estimate of drug-likeness (QED) is 0.776. The topological polar surface area (TPSA) is 75.7 Å². The second-order valence-corrected chi connectivity index (χ2v) is 9.25. The van der Waals surface area contributed by atoms with Crippen molar-refractivity contribution >= 4 is 28.7 Å². The van der Waals surface area contributed by atoms with E-state index in [1.165, 1.54) is 6.92 Å². The summed E-state index contributed by atoms with van der Waals surface area (Å²) < 4.78 is 5.64. The third-order valence-electron chi connectivity index (χ3n) is 5.73. The van der Waals surface area contributed by atoms with E-state index < -0.39 is 11.3 Å². The highest BCUT2D eigenvalue weighted by Gasteiger charge is 2.39. The van der Waals surface area contributed by atoms with Crippen LogP contribution in [0.4, 0.5) is 0 Å². The largest absolute Gasteiger partial charge is 0.377 e. The van der Waals surface area contributed by atoms with Crippen LogP contribution in [0.2, 0.25) is 0 Å². The van der Waals surface area contributed by atoms with Crippen molar-refractivity contribution in [3.05, 3.63) is 71.3 Å². The van der Waals surface area contributed by atoms with Gasteiger partial charge in [0.1, 0.15) is 6.04 Å².